The smallest absolute Gasteiger partial charge is 0.268 e. The van der Waals surface area contributed by atoms with Gasteiger partial charge in [0.25, 0.3) is 5.91 Å². The molecule has 4 rings (SSSR count). The van der Waals surface area contributed by atoms with E-state index in [0.717, 1.165) is 21.0 Å². The van der Waals surface area contributed by atoms with E-state index in [9.17, 15) is 4.79 Å². The van der Waals surface area contributed by atoms with Crippen LogP contribution in [0.2, 0.25) is 10.2 Å². The molecule has 0 saturated carbocycles. The minimum Gasteiger partial charge on any atom is -0.495 e. The van der Waals surface area contributed by atoms with Crippen LogP contribution in [-0.4, -0.2) is 25.0 Å². The van der Waals surface area contributed by atoms with Crippen molar-refractivity contribution in [1.82, 2.24) is 4.98 Å². The van der Waals surface area contributed by atoms with E-state index in [1.54, 1.807) is 38.4 Å². The Bertz CT molecular complexity index is 1190. The maximum absolute atomic E-state index is 13.1. The van der Waals surface area contributed by atoms with E-state index < -0.39 is 0 Å². The second-order valence-electron chi connectivity index (χ2n) is 5.95. The molecule has 4 nitrogen and oxygen atoms in total. The molecule has 2 aromatic carbocycles. The van der Waals surface area contributed by atoms with Gasteiger partial charge in [0.2, 0.25) is 0 Å². The largest absolute Gasteiger partial charge is 0.495 e. The predicted molar refractivity (Wildman–Crippen MR) is 113 cm³/mol. The van der Waals surface area contributed by atoms with Gasteiger partial charge in [0.05, 0.1) is 23.2 Å². The van der Waals surface area contributed by atoms with Crippen molar-refractivity contribution >= 4 is 67.1 Å². The minimum absolute atomic E-state index is 0.170. The zero-order valence-electron chi connectivity index (χ0n) is 14.5. The predicted octanol–water partition coefficient (Wildman–Crippen LogP) is 6.04. The molecule has 0 spiro atoms. The maximum Gasteiger partial charge on any atom is 0.268 e. The van der Waals surface area contributed by atoms with Gasteiger partial charge in [-0.05, 0) is 30.3 Å². The average molecular weight is 417 g/mol. The van der Waals surface area contributed by atoms with Crippen LogP contribution in [0, 0.1) is 0 Å². The van der Waals surface area contributed by atoms with Gasteiger partial charge in [-0.3, -0.25) is 4.79 Å². The molecule has 7 heteroatoms. The van der Waals surface area contributed by atoms with Crippen LogP contribution in [0.15, 0.2) is 48.5 Å². The first-order valence-electron chi connectivity index (χ1n) is 8.09. The number of nitrogens with zero attached hydrogens (tertiary/aromatic N) is 2. The van der Waals surface area contributed by atoms with Gasteiger partial charge in [-0.1, -0.05) is 41.4 Å². The summed E-state index contributed by atoms with van der Waals surface area (Å²) in [6.07, 6.45) is 0. The molecule has 0 bridgehead atoms. The Labute approximate surface area is 169 Å². The molecule has 0 fully saturated rings. The number of para-hydroxylation sites is 1. The van der Waals surface area contributed by atoms with Crippen molar-refractivity contribution in [3.05, 3.63) is 63.6 Å². The third-order valence-corrected chi connectivity index (χ3v) is 6.02. The lowest BCUT2D eigenvalue weighted by Gasteiger charge is -2.19. The van der Waals surface area contributed by atoms with Crippen LogP contribution >= 0.6 is 34.5 Å². The monoisotopic (exact) mass is 416 g/mol. The number of hydrogen-bond donors (Lipinski definition) is 0. The van der Waals surface area contributed by atoms with Crippen LogP contribution < -0.4 is 9.64 Å². The average Bonchev–Trinajstić information content (AvgIpc) is 3.13. The van der Waals surface area contributed by atoms with E-state index in [-0.39, 0.29) is 5.91 Å². The molecule has 0 aliphatic carbocycles. The summed E-state index contributed by atoms with van der Waals surface area (Å²) in [5, 5.41) is 2.67. The van der Waals surface area contributed by atoms with E-state index in [2.05, 4.69) is 4.98 Å². The number of ether oxygens (including phenoxy) is 1. The number of halogens is 2. The number of thiophene rings is 1. The Morgan fingerprint density at radius 1 is 1.11 bits per heavy atom. The van der Waals surface area contributed by atoms with E-state index >= 15 is 0 Å². The lowest BCUT2D eigenvalue weighted by Crippen LogP contribution is -2.25. The first kappa shape index (κ1) is 18.0. The molecule has 2 heterocycles. The van der Waals surface area contributed by atoms with Crippen LogP contribution in [0.3, 0.4) is 0 Å². The summed E-state index contributed by atoms with van der Waals surface area (Å²) in [5.41, 5.74) is 1.40. The number of anilines is 1. The number of rotatable bonds is 3. The van der Waals surface area contributed by atoms with Crippen molar-refractivity contribution in [2.24, 2.45) is 0 Å². The van der Waals surface area contributed by atoms with Gasteiger partial charge in [-0.25, -0.2) is 4.98 Å². The molecule has 27 heavy (non-hydrogen) atoms. The summed E-state index contributed by atoms with van der Waals surface area (Å²) >= 11 is 13.9. The highest BCUT2D eigenvalue weighted by molar-refractivity contribution is 7.22. The minimum atomic E-state index is -0.170. The van der Waals surface area contributed by atoms with Gasteiger partial charge in [0.1, 0.15) is 10.9 Å². The fourth-order valence-corrected chi connectivity index (χ4v) is 4.61. The van der Waals surface area contributed by atoms with Crippen molar-refractivity contribution in [2.45, 2.75) is 0 Å². The van der Waals surface area contributed by atoms with Crippen molar-refractivity contribution in [3.63, 3.8) is 0 Å². The Hall–Kier alpha value is -2.34. The normalized spacial score (nSPS) is 11.1. The number of aromatic nitrogens is 1. The molecular formula is C20H14Cl2N2O2S. The third kappa shape index (κ3) is 3.12. The Morgan fingerprint density at radius 3 is 2.67 bits per heavy atom. The van der Waals surface area contributed by atoms with Gasteiger partial charge >= 0.3 is 0 Å². The quantitative estimate of drug-likeness (QED) is 0.382. The number of benzene rings is 2. The van der Waals surface area contributed by atoms with Crippen molar-refractivity contribution in [3.8, 4) is 5.75 Å². The summed E-state index contributed by atoms with van der Waals surface area (Å²) in [7, 11) is 3.25. The standard InChI is InChI=1S/C20H14Cl2N2O2S/c1-24(15-9-11(21)7-8-16(15)26-2)20(25)17-10-13-18(27-17)12-5-3-4-6-14(12)23-19(13)22/h3-10H,1-2H3. The number of amides is 1. The Kier molecular flexibility index (Phi) is 4.68. The summed E-state index contributed by atoms with van der Waals surface area (Å²) < 4.78 is 6.31. The summed E-state index contributed by atoms with van der Waals surface area (Å²) in [4.78, 5) is 19.6. The topological polar surface area (TPSA) is 42.4 Å². The number of carbonyl (C=O) groups is 1. The lowest BCUT2D eigenvalue weighted by atomic mass is 10.2. The summed E-state index contributed by atoms with van der Waals surface area (Å²) in [6, 6.07) is 14.7. The second kappa shape index (κ2) is 7.00. The third-order valence-electron chi connectivity index (χ3n) is 4.34. The summed E-state index contributed by atoms with van der Waals surface area (Å²) in [5.74, 6) is 0.401. The van der Waals surface area contributed by atoms with Crippen LogP contribution in [0.1, 0.15) is 9.67 Å². The lowest BCUT2D eigenvalue weighted by molar-refractivity contribution is 0.0996. The van der Waals surface area contributed by atoms with Crippen LogP contribution in [0.25, 0.3) is 21.0 Å². The van der Waals surface area contributed by atoms with Gasteiger partial charge < -0.3 is 9.64 Å². The van der Waals surface area contributed by atoms with E-state index in [1.807, 2.05) is 24.3 Å². The van der Waals surface area contributed by atoms with Gasteiger partial charge in [-0.15, -0.1) is 11.3 Å². The van der Waals surface area contributed by atoms with Gasteiger partial charge in [0, 0.05) is 27.5 Å². The second-order valence-corrected chi connectivity index (χ2v) is 7.80. The fourth-order valence-electron chi connectivity index (χ4n) is 2.98. The number of carbonyl (C=O) groups excluding carboxylic acids is 1. The first-order valence-corrected chi connectivity index (χ1v) is 9.66. The number of methoxy groups -OCH3 is 1. The van der Waals surface area contributed by atoms with Crippen LogP contribution in [0.4, 0.5) is 5.69 Å². The molecule has 136 valence electrons. The van der Waals surface area contributed by atoms with E-state index in [0.29, 0.717) is 26.5 Å². The number of fused-ring (bicyclic) bond motifs is 3. The molecule has 0 atom stereocenters. The molecular weight excluding hydrogens is 403 g/mol. The molecule has 1 amide bonds. The molecule has 0 aliphatic heterocycles. The van der Waals surface area contributed by atoms with Crippen LogP contribution in [-0.2, 0) is 0 Å². The van der Waals surface area contributed by atoms with Crippen molar-refractivity contribution in [2.75, 3.05) is 19.1 Å². The number of pyridine rings is 1. The maximum atomic E-state index is 13.1. The fraction of sp³-hybridized carbons (Fsp3) is 0.100. The summed E-state index contributed by atoms with van der Waals surface area (Å²) in [6.45, 7) is 0. The molecule has 4 aromatic rings. The van der Waals surface area contributed by atoms with Crippen molar-refractivity contribution in [1.29, 1.82) is 0 Å². The van der Waals surface area contributed by atoms with Gasteiger partial charge in [-0.2, -0.15) is 0 Å². The molecule has 0 N–H and O–H groups in total. The van der Waals surface area contributed by atoms with Crippen molar-refractivity contribution < 1.29 is 9.53 Å². The van der Waals surface area contributed by atoms with Gasteiger partial charge in [0.15, 0.2) is 0 Å². The molecule has 0 saturated heterocycles. The van der Waals surface area contributed by atoms with Crippen LogP contribution in [0.5, 0.6) is 5.75 Å². The zero-order chi connectivity index (χ0) is 19.1. The Morgan fingerprint density at radius 2 is 1.89 bits per heavy atom. The van der Waals surface area contributed by atoms with E-state index in [1.165, 1.54) is 16.2 Å². The van der Waals surface area contributed by atoms with E-state index in [4.69, 9.17) is 27.9 Å². The highest BCUT2D eigenvalue weighted by Gasteiger charge is 2.21. The number of hydrogen-bond acceptors (Lipinski definition) is 4. The Balaban J connectivity index is 1.83. The highest BCUT2D eigenvalue weighted by Crippen LogP contribution is 2.37. The zero-order valence-corrected chi connectivity index (χ0v) is 16.8. The molecule has 0 aliphatic rings. The molecule has 2 aromatic heterocycles. The first-order chi connectivity index (χ1) is 13.0. The molecule has 0 radical (unpaired) electrons. The SMILES string of the molecule is COc1ccc(Cl)cc1N(C)C(=O)c1cc2c(Cl)nc3ccccc3c2s1. The highest BCUT2D eigenvalue weighted by atomic mass is 35.5. The molecule has 0 unspecified atom stereocenters.